The van der Waals surface area contributed by atoms with Gasteiger partial charge < -0.3 is 4.90 Å². The second-order valence-electron chi connectivity index (χ2n) is 6.29. The SMILES string of the molecule is CN(C(=O)CSc1nncn2c1cc1sccc12)C1CCCCC1. The van der Waals surface area contributed by atoms with Gasteiger partial charge in [-0.1, -0.05) is 31.0 Å². The lowest BCUT2D eigenvalue weighted by molar-refractivity contribution is -0.129. The molecule has 0 aliphatic heterocycles. The lowest BCUT2D eigenvalue weighted by Crippen LogP contribution is -2.39. The van der Waals surface area contributed by atoms with Gasteiger partial charge in [-0.15, -0.1) is 21.5 Å². The van der Waals surface area contributed by atoms with Crippen LogP contribution in [0.1, 0.15) is 32.1 Å². The zero-order valence-electron chi connectivity index (χ0n) is 13.6. The molecule has 0 unspecified atom stereocenters. The van der Waals surface area contributed by atoms with E-state index in [1.165, 1.54) is 35.7 Å². The van der Waals surface area contributed by atoms with E-state index in [0.29, 0.717) is 11.8 Å². The minimum absolute atomic E-state index is 0.184. The van der Waals surface area contributed by atoms with E-state index in [1.807, 2.05) is 11.9 Å². The predicted octanol–water partition coefficient (Wildman–Crippen LogP) is 3.83. The molecule has 3 heterocycles. The Morgan fingerprint density at radius 1 is 1.38 bits per heavy atom. The molecule has 0 radical (unpaired) electrons. The number of hydrogen-bond donors (Lipinski definition) is 0. The zero-order valence-corrected chi connectivity index (χ0v) is 15.3. The Labute approximate surface area is 149 Å². The van der Waals surface area contributed by atoms with Crippen LogP contribution in [0.2, 0.25) is 0 Å². The number of aromatic nitrogens is 3. The lowest BCUT2D eigenvalue weighted by atomic mass is 9.94. The van der Waals surface area contributed by atoms with Gasteiger partial charge in [0, 0.05) is 13.1 Å². The van der Waals surface area contributed by atoms with Crippen molar-refractivity contribution >= 4 is 44.7 Å². The molecular weight excluding hydrogens is 340 g/mol. The molecule has 0 bridgehead atoms. The van der Waals surface area contributed by atoms with Gasteiger partial charge in [0.2, 0.25) is 5.91 Å². The van der Waals surface area contributed by atoms with Crippen molar-refractivity contribution in [2.75, 3.05) is 12.8 Å². The van der Waals surface area contributed by atoms with E-state index in [1.54, 1.807) is 17.7 Å². The Morgan fingerprint density at radius 3 is 3.04 bits per heavy atom. The maximum absolute atomic E-state index is 12.5. The summed E-state index contributed by atoms with van der Waals surface area (Å²) >= 11 is 3.20. The first-order valence-corrected chi connectivity index (χ1v) is 10.2. The minimum atomic E-state index is 0.184. The molecule has 0 N–H and O–H groups in total. The summed E-state index contributed by atoms with van der Waals surface area (Å²) < 4.78 is 3.27. The van der Waals surface area contributed by atoms with E-state index >= 15 is 0 Å². The van der Waals surface area contributed by atoms with E-state index in [9.17, 15) is 4.79 Å². The summed E-state index contributed by atoms with van der Waals surface area (Å²) in [5.41, 5.74) is 2.18. The molecule has 1 fully saturated rings. The molecule has 4 rings (SSSR count). The fraction of sp³-hybridized carbons (Fsp3) is 0.471. The van der Waals surface area contributed by atoms with Gasteiger partial charge in [0.15, 0.2) is 0 Å². The van der Waals surface area contributed by atoms with Crippen LogP contribution in [0, 0.1) is 0 Å². The molecule has 126 valence electrons. The first kappa shape index (κ1) is 15.9. The van der Waals surface area contributed by atoms with Gasteiger partial charge in [-0.05, 0) is 30.4 Å². The average molecular weight is 361 g/mol. The van der Waals surface area contributed by atoms with Crippen LogP contribution >= 0.6 is 23.1 Å². The Kier molecular flexibility index (Phi) is 4.45. The minimum Gasteiger partial charge on any atom is -0.342 e. The smallest absolute Gasteiger partial charge is 0.232 e. The second kappa shape index (κ2) is 6.72. The van der Waals surface area contributed by atoms with Gasteiger partial charge in [0.1, 0.15) is 11.4 Å². The third-order valence-electron chi connectivity index (χ3n) is 4.84. The van der Waals surface area contributed by atoms with Crippen molar-refractivity contribution in [2.24, 2.45) is 0 Å². The topological polar surface area (TPSA) is 50.5 Å². The Balaban J connectivity index is 1.49. The highest BCUT2D eigenvalue weighted by Crippen LogP contribution is 2.30. The van der Waals surface area contributed by atoms with E-state index in [0.717, 1.165) is 28.9 Å². The monoisotopic (exact) mass is 360 g/mol. The second-order valence-corrected chi connectivity index (χ2v) is 8.20. The summed E-state index contributed by atoms with van der Waals surface area (Å²) in [5, 5.41) is 11.3. The first-order valence-electron chi connectivity index (χ1n) is 8.32. The first-order chi connectivity index (χ1) is 11.7. The normalized spacial score (nSPS) is 16.0. The van der Waals surface area contributed by atoms with Crippen molar-refractivity contribution in [3.63, 3.8) is 0 Å². The van der Waals surface area contributed by atoms with Crippen molar-refractivity contribution in [3.8, 4) is 0 Å². The van der Waals surface area contributed by atoms with Gasteiger partial charge in [-0.3, -0.25) is 9.20 Å². The lowest BCUT2D eigenvalue weighted by Gasteiger charge is -2.31. The molecule has 1 saturated carbocycles. The number of carbonyl (C=O) groups is 1. The fourth-order valence-corrected chi connectivity index (χ4v) is 5.11. The van der Waals surface area contributed by atoms with Crippen LogP contribution < -0.4 is 0 Å². The van der Waals surface area contributed by atoms with Crippen LogP contribution in [0.25, 0.3) is 15.7 Å². The Hall–Kier alpha value is -1.60. The van der Waals surface area contributed by atoms with E-state index in [-0.39, 0.29) is 5.91 Å². The number of thioether (sulfide) groups is 1. The largest absolute Gasteiger partial charge is 0.342 e. The van der Waals surface area contributed by atoms with Crippen molar-refractivity contribution in [1.82, 2.24) is 19.5 Å². The quantitative estimate of drug-likeness (QED) is 0.664. The number of hydrogen-bond acceptors (Lipinski definition) is 5. The third-order valence-corrected chi connectivity index (χ3v) is 6.65. The predicted molar refractivity (Wildman–Crippen MR) is 98.7 cm³/mol. The number of fused-ring (bicyclic) bond motifs is 3. The zero-order chi connectivity index (χ0) is 16.5. The van der Waals surface area contributed by atoms with Crippen LogP contribution in [0.5, 0.6) is 0 Å². The summed E-state index contributed by atoms with van der Waals surface area (Å²) in [4.78, 5) is 14.5. The summed E-state index contributed by atoms with van der Waals surface area (Å²) in [6.07, 6.45) is 7.79. The van der Waals surface area contributed by atoms with Crippen molar-refractivity contribution in [1.29, 1.82) is 0 Å². The molecule has 0 spiro atoms. The molecule has 7 heteroatoms. The van der Waals surface area contributed by atoms with Crippen LogP contribution in [-0.2, 0) is 4.79 Å². The van der Waals surface area contributed by atoms with E-state index in [4.69, 9.17) is 0 Å². The highest BCUT2D eigenvalue weighted by atomic mass is 32.2. The molecular formula is C17H20N4OS2. The molecule has 5 nitrogen and oxygen atoms in total. The van der Waals surface area contributed by atoms with Crippen molar-refractivity contribution in [2.45, 2.75) is 43.2 Å². The maximum Gasteiger partial charge on any atom is 0.232 e. The highest BCUT2D eigenvalue weighted by molar-refractivity contribution is 8.00. The molecule has 3 aromatic heterocycles. The highest BCUT2D eigenvalue weighted by Gasteiger charge is 2.22. The standard InChI is InChI=1S/C17H20N4OS2/c1-20(12-5-3-2-4-6-12)16(22)10-24-17-14-9-15-13(7-8-23-15)21(14)11-18-19-17/h7-9,11-12H,2-6,10H2,1H3. The van der Waals surface area contributed by atoms with E-state index in [2.05, 4.69) is 32.1 Å². The van der Waals surface area contributed by atoms with Gasteiger partial charge in [-0.25, -0.2) is 0 Å². The van der Waals surface area contributed by atoms with Crippen LogP contribution in [-0.4, -0.2) is 44.2 Å². The molecule has 1 aliphatic rings. The fourth-order valence-electron chi connectivity index (χ4n) is 3.42. The molecule has 0 saturated heterocycles. The molecule has 1 amide bonds. The Morgan fingerprint density at radius 2 is 2.21 bits per heavy atom. The van der Waals surface area contributed by atoms with Crippen molar-refractivity contribution < 1.29 is 4.79 Å². The summed E-state index contributed by atoms with van der Waals surface area (Å²) in [5.74, 6) is 0.601. The number of amides is 1. The van der Waals surface area contributed by atoms with Crippen molar-refractivity contribution in [3.05, 3.63) is 23.8 Å². The summed E-state index contributed by atoms with van der Waals surface area (Å²) in [6.45, 7) is 0. The summed E-state index contributed by atoms with van der Waals surface area (Å²) in [7, 11) is 1.94. The third kappa shape index (κ3) is 2.91. The van der Waals surface area contributed by atoms with Crippen LogP contribution in [0.15, 0.2) is 28.9 Å². The Bertz CT molecular complexity index is 866. The summed E-state index contributed by atoms with van der Waals surface area (Å²) in [6, 6.07) is 4.63. The van der Waals surface area contributed by atoms with Gasteiger partial charge >= 0.3 is 0 Å². The molecule has 24 heavy (non-hydrogen) atoms. The number of nitrogens with zero attached hydrogens (tertiary/aromatic N) is 4. The van der Waals surface area contributed by atoms with Gasteiger partial charge in [-0.2, -0.15) is 0 Å². The van der Waals surface area contributed by atoms with Crippen LogP contribution in [0.4, 0.5) is 0 Å². The molecule has 3 aromatic rings. The van der Waals surface area contributed by atoms with E-state index < -0.39 is 0 Å². The number of rotatable bonds is 4. The molecule has 1 aliphatic carbocycles. The average Bonchev–Trinajstić information content (AvgIpc) is 3.21. The van der Waals surface area contributed by atoms with Gasteiger partial charge in [0.25, 0.3) is 0 Å². The number of thiophene rings is 1. The molecule has 0 atom stereocenters. The van der Waals surface area contributed by atoms with Gasteiger partial charge in [0.05, 0.1) is 21.5 Å². The molecule has 0 aromatic carbocycles. The van der Waals surface area contributed by atoms with Crippen LogP contribution in [0.3, 0.4) is 0 Å². The number of carbonyl (C=O) groups excluding carboxylic acids is 1. The maximum atomic E-state index is 12.5.